The molecular weight excluding hydrogens is 230 g/mol. The summed E-state index contributed by atoms with van der Waals surface area (Å²) in [4.78, 5) is 0. The van der Waals surface area contributed by atoms with Crippen LogP contribution in [0.5, 0.6) is 0 Å². The zero-order valence-corrected chi connectivity index (χ0v) is 11.0. The quantitative estimate of drug-likeness (QED) is 0.628. The Hall–Kier alpha value is 0.848. The van der Waals surface area contributed by atoms with Gasteiger partial charge in [0, 0.05) is 0 Å². The molecular formula is C10H20AsCl. The molecule has 0 bridgehead atoms. The first kappa shape index (κ1) is 10.9. The summed E-state index contributed by atoms with van der Waals surface area (Å²) in [6.45, 7) is 0. The second kappa shape index (κ2) is 4.38. The van der Waals surface area contributed by atoms with Crippen LogP contribution in [0.3, 0.4) is 0 Å². The van der Waals surface area contributed by atoms with Gasteiger partial charge < -0.3 is 0 Å². The van der Waals surface area contributed by atoms with Crippen molar-refractivity contribution in [2.24, 2.45) is 11.3 Å². The summed E-state index contributed by atoms with van der Waals surface area (Å²) in [5.41, 5.74) is 0.888. The normalized spacial score (nSPS) is 27.8. The molecule has 0 aliphatic heterocycles. The van der Waals surface area contributed by atoms with Crippen molar-refractivity contribution in [1.29, 1.82) is 0 Å². The summed E-state index contributed by atoms with van der Waals surface area (Å²) in [7, 11) is 0. The third kappa shape index (κ3) is 2.02. The molecule has 0 aromatic carbocycles. The number of hydrogen-bond acceptors (Lipinski definition) is 0. The Kier molecular flexibility index (Phi) is 3.99. The molecule has 2 saturated carbocycles. The predicted molar refractivity (Wildman–Crippen MR) is 58.8 cm³/mol. The van der Waals surface area contributed by atoms with E-state index in [-0.39, 0.29) is 12.4 Å². The predicted octanol–water partition coefficient (Wildman–Crippen LogP) is 2.82. The Bertz CT molecular complexity index is 133. The molecule has 12 heavy (non-hydrogen) atoms. The van der Waals surface area contributed by atoms with Crippen molar-refractivity contribution in [3.05, 3.63) is 0 Å². The molecule has 2 rings (SSSR count). The average molecular weight is 251 g/mol. The summed E-state index contributed by atoms with van der Waals surface area (Å²) in [6.07, 6.45) is 10.9. The zero-order chi connectivity index (χ0) is 7.73. The van der Waals surface area contributed by atoms with Crippen molar-refractivity contribution in [2.75, 3.05) is 0 Å². The van der Waals surface area contributed by atoms with Crippen LogP contribution in [0.25, 0.3) is 0 Å². The van der Waals surface area contributed by atoms with E-state index in [9.17, 15) is 0 Å². The molecule has 0 aromatic rings. The Morgan fingerprint density at radius 3 is 2.00 bits per heavy atom. The maximum atomic E-state index is 1.94. The van der Waals surface area contributed by atoms with Crippen LogP contribution >= 0.6 is 12.4 Å². The third-order valence-corrected chi connectivity index (χ3v) is 5.31. The molecule has 0 saturated heterocycles. The third-order valence-electron chi connectivity index (χ3n) is 3.91. The molecule has 1 unspecified atom stereocenters. The first-order valence-corrected chi connectivity index (χ1v) is 6.76. The molecule has 2 aliphatic rings. The fourth-order valence-corrected chi connectivity index (χ4v) is 3.69. The van der Waals surface area contributed by atoms with E-state index in [1.54, 1.807) is 38.5 Å². The van der Waals surface area contributed by atoms with Crippen LogP contribution in [0.15, 0.2) is 0 Å². The van der Waals surface area contributed by atoms with E-state index in [0.29, 0.717) is 0 Å². The van der Waals surface area contributed by atoms with E-state index >= 15 is 0 Å². The van der Waals surface area contributed by atoms with Gasteiger partial charge in [0.25, 0.3) is 0 Å². The van der Waals surface area contributed by atoms with Gasteiger partial charge in [0.1, 0.15) is 0 Å². The van der Waals surface area contributed by atoms with Crippen LogP contribution in [0.2, 0.25) is 5.21 Å². The molecule has 0 amide bonds. The Morgan fingerprint density at radius 1 is 1.08 bits per heavy atom. The molecule has 2 aliphatic carbocycles. The van der Waals surface area contributed by atoms with Crippen molar-refractivity contribution in [3.8, 4) is 0 Å². The van der Waals surface area contributed by atoms with Gasteiger partial charge in [-0.3, -0.25) is 0 Å². The van der Waals surface area contributed by atoms with Crippen LogP contribution in [-0.2, 0) is 0 Å². The number of halogens is 1. The van der Waals surface area contributed by atoms with E-state index in [4.69, 9.17) is 0 Å². The van der Waals surface area contributed by atoms with E-state index < -0.39 is 0 Å². The molecule has 0 aromatic heterocycles. The van der Waals surface area contributed by atoms with Gasteiger partial charge in [-0.05, 0) is 0 Å². The summed E-state index contributed by atoms with van der Waals surface area (Å²) in [5.74, 6) is 1.11. The minimum absolute atomic E-state index is 0. The molecule has 1 atom stereocenters. The van der Waals surface area contributed by atoms with Crippen molar-refractivity contribution in [2.45, 2.75) is 50.2 Å². The molecule has 0 heterocycles. The summed E-state index contributed by atoms with van der Waals surface area (Å²) in [6, 6.07) is 0. The summed E-state index contributed by atoms with van der Waals surface area (Å²) >= 11 is 1.94. The van der Waals surface area contributed by atoms with Crippen LogP contribution in [0, 0.1) is 11.3 Å². The molecule has 0 radical (unpaired) electrons. The summed E-state index contributed by atoms with van der Waals surface area (Å²) < 4.78 is 0. The minimum atomic E-state index is 0. The van der Waals surface area contributed by atoms with Gasteiger partial charge in [0.2, 0.25) is 0 Å². The van der Waals surface area contributed by atoms with Gasteiger partial charge in [-0.1, -0.05) is 0 Å². The molecule has 2 fully saturated rings. The molecule has 1 spiro atoms. The van der Waals surface area contributed by atoms with Gasteiger partial charge in [0.05, 0.1) is 0 Å². The van der Waals surface area contributed by atoms with Crippen molar-refractivity contribution >= 4 is 29.3 Å². The molecule has 0 N–H and O–H groups in total. The maximum absolute atomic E-state index is 1.94. The average Bonchev–Trinajstić information content (AvgIpc) is 2.02. The number of hydrogen-bond donors (Lipinski definition) is 0. The van der Waals surface area contributed by atoms with Gasteiger partial charge in [-0.2, -0.15) is 0 Å². The van der Waals surface area contributed by atoms with Crippen LogP contribution in [0.1, 0.15) is 44.9 Å². The van der Waals surface area contributed by atoms with Gasteiger partial charge in [-0.25, -0.2) is 0 Å². The fraction of sp³-hybridized carbons (Fsp3) is 1.00. The first-order valence-electron chi connectivity index (χ1n) is 5.05. The van der Waals surface area contributed by atoms with E-state index in [1.165, 1.54) is 11.6 Å². The Labute approximate surface area is 90.8 Å². The molecule has 72 valence electrons. The van der Waals surface area contributed by atoms with E-state index in [0.717, 1.165) is 11.3 Å². The topological polar surface area (TPSA) is 0 Å². The van der Waals surface area contributed by atoms with E-state index in [2.05, 4.69) is 0 Å². The van der Waals surface area contributed by atoms with Crippen molar-refractivity contribution in [3.63, 3.8) is 0 Å². The van der Waals surface area contributed by atoms with E-state index in [1.807, 2.05) is 16.9 Å². The van der Waals surface area contributed by atoms with Crippen molar-refractivity contribution < 1.29 is 0 Å². The van der Waals surface area contributed by atoms with Gasteiger partial charge >= 0.3 is 78.3 Å². The standard InChI is InChI=1S/C10H19As.ClH/c11-8-9-2-6-10(7-3-9)4-1-5-10;/h9H,1-8,11H2;1H. The SMILES string of the molecule is Cl.[AsH2]CC1CCC2(CCC2)CC1. The molecule has 2 heteroatoms. The second-order valence-electron chi connectivity index (χ2n) is 4.53. The Balaban J connectivity index is 0.000000720. The number of rotatable bonds is 1. The monoisotopic (exact) mass is 250 g/mol. The second-order valence-corrected chi connectivity index (χ2v) is 5.52. The van der Waals surface area contributed by atoms with Crippen LogP contribution in [0.4, 0.5) is 0 Å². The van der Waals surface area contributed by atoms with Crippen LogP contribution in [-0.4, -0.2) is 16.9 Å². The summed E-state index contributed by atoms with van der Waals surface area (Å²) in [5, 5.41) is 1.49. The van der Waals surface area contributed by atoms with Gasteiger partial charge in [0.15, 0.2) is 0 Å². The van der Waals surface area contributed by atoms with Gasteiger partial charge in [-0.15, -0.1) is 12.4 Å². The molecule has 0 nitrogen and oxygen atoms in total. The van der Waals surface area contributed by atoms with Crippen molar-refractivity contribution in [1.82, 2.24) is 0 Å². The van der Waals surface area contributed by atoms with Crippen LogP contribution < -0.4 is 0 Å². The Morgan fingerprint density at radius 2 is 1.67 bits per heavy atom. The first-order chi connectivity index (χ1) is 5.35. The fourth-order valence-electron chi connectivity index (χ4n) is 2.70. The zero-order valence-electron chi connectivity index (χ0n) is 7.72.